The number of furan rings is 4. The Hall–Kier alpha value is -12.8. The number of hydrogen-bond donors (Lipinski definition) is 0. The van der Waals surface area contributed by atoms with Crippen molar-refractivity contribution in [1.29, 1.82) is 0 Å². The summed E-state index contributed by atoms with van der Waals surface area (Å²) in [5.74, 6) is -2.86. The van der Waals surface area contributed by atoms with Gasteiger partial charge in [0.25, 0.3) is 0 Å². The molecule has 122 heavy (non-hydrogen) atoms. The molecule has 12 aromatic heterocycles. The van der Waals surface area contributed by atoms with Crippen molar-refractivity contribution in [3.05, 3.63) is 286 Å². The maximum atomic E-state index is 9.23. The van der Waals surface area contributed by atoms with Gasteiger partial charge in [-0.25, -0.2) is 38.2 Å². The van der Waals surface area contributed by atoms with E-state index in [0.717, 1.165) is 228 Å². The Labute approximate surface area is 724 Å². The van der Waals surface area contributed by atoms with E-state index in [-0.39, 0.29) is 5.92 Å². The smallest absolute Gasteiger partial charge is 0.227 e. The van der Waals surface area contributed by atoms with Crippen LogP contribution in [-0.2, 0) is 34.6 Å². The standard InChI is InChI=1S/C29H29N2O.C28H27N2O.C27H27N2O.C26H25N2O/c1-18-13-14-24-27-26(25-17-21(15-16-31(25)3)20-9-5-4-6-10-20)19(2)22-11-7-8-12-23(22)28(27)32-29(24)30-18;1-17-12-13-23-26-25(24-16-20(14-15-30(24)3)19-8-4-5-9-19)18(2)21-10-6-7-11-22(21)27(26)31-28(23)29-17;1-16(2)14-19-12-13-29(5)23(15-19)24-18(4)20-8-6-7-9-21(20)26-25(24)22-11-10-17(3)28-27(22)30-26;1-15(2)18-12-13-28(5)22(14-18)23-17(4)19-8-6-7-9-20(19)25-24(23)21-11-10-16(3)27-26(21)29-25/h7-8,11-17,20H,4-6,9-10H2,1-3H3;6-7,10-16,19H,4-5,8-9H2,1-3H3;6-13,15-16H,14H2,1-5H3;6-15H,1-5H3/q4*+1/i20D;19D;14D2;1D3,15D. The Morgan fingerprint density at radius 2 is 0.639 bits per heavy atom. The Morgan fingerprint density at radius 1 is 0.352 bits per heavy atom. The molecule has 22 rings (SSSR count). The number of hydrogen-bond acceptors (Lipinski definition) is 8. The van der Waals surface area contributed by atoms with Crippen LogP contribution in [-0.4, -0.2) is 19.9 Å². The highest BCUT2D eigenvalue weighted by Crippen LogP contribution is 2.49. The molecule has 2 aliphatic rings. The summed E-state index contributed by atoms with van der Waals surface area (Å²) < 4.78 is 102. The van der Waals surface area contributed by atoms with Gasteiger partial charge < -0.3 is 17.7 Å². The minimum absolute atomic E-state index is 0.136. The van der Waals surface area contributed by atoms with Gasteiger partial charge in [0.2, 0.25) is 45.6 Å². The molecule has 8 aromatic carbocycles. The molecule has 0 radical (unpaired) electrons. The molecule has 0 spiro atoms. The van der Waals surface area contributed by atoms with Gasteiger partial charge in [-0.1, -0.05) is 157 Å². The molecule has 12 heterocycles. The van der Waals surface area contributed by atoms with E-state index < -0.39 is 30.9 Å². The minimum atomic E-state index is -2.46. The van der Waals surface area contributed by atoms with Crippen LogP contribution in [0.3, 0.4) is 0 Å². The van der Waals surface area contributed by atoms with Crippen LogP contribution in [0.2, 0.25) is 0 Å². The molecule has 608 valence electrons. The van der Waals surface area contributed by atoms with Crippen molar-refractivity contribution in [1.82, 2.24) is 19.9 Å². The van der Waals surface area contributed by atoms with Crippen LogP contribution < -0.4 is 18.3 Å². The third kappa shape index (κ3) is 14.0. The van der Waals surface area contributed by atoms with E-state index in [4.69, 9.17) is 37.2 Å². The summed E-state index contributed by atoms with van der Waals surface area (Å²) >= 11 is 0. The summed E-state index contributed by atoms with van der Waals surface area (Å²) in [6, 6.07) is 66.0. The summed E-state index contributed by atoms with van der Waals surface area (Å²) in [5.41, 5.74) is 26.1. The average Bonchev–Trinajstić information content (AvgIpc) is 1.55. The normalized spacial score (nSPS) is 15.7. The van der Waals surface area contributed by atoms with Crippen molar-refractivity contribution in [3.63, 3.8) is 0 Å². The molecule has 2 saturated carbocycles. The predicted molar refractivity (Wildman–Crippen MR) is 500 cm³/mol. The lowest BCUT2D eigenvalue weighted by Gasteiger charge is -2.22. The van der Waals surface area contributed by atoms with Crippen molar-refractivity contribution < 1.29 is 46.9 Å². The summed E-state index contributed by atoms with van der Waals surface area (Å²) in [6.07, 6.45) is 16.1. The van der Waals surface area contributed by atoms with Crippen molar-refractivity contribution >= 4 is 131 Å². The van der Waals surface area contributed by atoms with Gasteiger partial charge in [-0.05, 0) is 226 Å². The van der Waals surface area contributed by atoms with Gasteiger partial charge in [0.05, 0.1) is 22.3 Å². The van der Waals surface area contributed by atoms with Crippen LogP contribution in [0.15, 0.2) is 237 Å². The molecule has 2 fully saturated rings. The molecule has 12 nitrogen and oxygen atoms in total. The number of nitrogens with zero attached hydrogens (tertiary/aromatic N) is 8. The van der Waals surface area contributed by atoms with Crippen LogP contribution in [0, 0.1) is 61.3 Å². The zero-order valence-electron chi connectivity index (χ0n) is 80.4. The Balaban J connectivity index is 0.000000112. The molecule has 12 heteroatoms. The molecule has 20 aromatic rings. The largest absolute Gasteiger partial charge is 0.437 e. The molecule has 0 aliphatic heterocycles. The van der Waals surface area contributed by atoms with Crippen molar-refractivity contribution in [2.45, 2.75) is 165 Å². The average molecular weight is 1610 g/mol. The fourth-order valence-corrected chi connectivity index (χ4v) is 19.4. The maximum absolute atomic E-state index is 9.23. The third-order valence-electron chi connectivity index (χ3n) is 25.6. The van der Waals surface area contributed by atoms with Crippen molar-refractivity contribution in [2.75, 3.05) is 0 Å². The monoisotopic (exact) mass is 1610 g/mol. The van der Waals surface area contributed by atoms with Crippen LogP contribution in [0.1, 0.15) is 181 Å². The molecule has 0 bridgehead atoms. The fraction of sp³-hybridized carbons (Fsp3) is 0.273. The van der Waals surface area contributed by atoms with E-state index in [1.807, 2.05) is 133 Å². The molecular formula is C110H108N8O4+4. The van der Waals surface area contributed by atoms with E-state index in [9.17, 15) is 1.37 Å². The number of aromatic nitrogens is 8. The van der Waals surface area contributed by atoms with Crippen LogP contribution in [0.5, 0.6) is 0 Å². The molecule has 1 atom stereocenters. The molecule has 0 amide bonds. The first kappa shape index (κ1) is 69.9. The Morgan fingerprint density at radius 3 is 0.959 bits per heavy atom. The summed E-state index contributed by atoms with van der Waals surface area (Å²) in [5, 5.41) is 17.1. The lowest BCUT2D eigenvalue weighted by molar-refractivity contribution is -0.660. The van der Waals surface area contributed by atoms with E-state index in [1.165, 1.54) is 46.4 Å². The highest BCUT2D eigenvalue weighted by molar-refractivity contribution is 6.25. The van der Waals surface area contributed by atoms with Gasteiger partial charge in [0, 0.05) is 147 Å². The second-order valence-corrected chi connectivity index (χ2v) is 34.2. The number of benzene rings is 8. The second kappa shape index (κ2) is 32.0. The van der Waals surface area contributed by atoms with Crippen LogP contribution >= 0.6 is 0 Å². The van der Waals surface area contributed by atoms with E-state index in [0.29, 0.717) is 34.0 Å². The quantitative estimate of drug-likeness (QED) is 0.131. The number of rotatable bonds is 9. The summed E-state index contributed by atoms with van der Waals surface area (Å²) in [7, 11) is 8.13. The zero-order chi connectivity index (χ0) is 91.3. The van der Waals surface area contributed by atoms with E-state index in [1.54, 1.807) is 6.07 Å². The molecule has 2 aliphatic carbocycles. The highest BCUT2D eigenvalue weighted by Gasteiger charge is 2.32. The third-order valence-corrected chi connectivity index (χ3v) is 25.6. The highest BCUT2D eigenvalue weighted by atomic mass is 16.4. The summed E-state index contributed by atoms with van der Waals surface area (Å²) in [4.78, 5) is 18.7. The second-order valence-electron chi connectivity index (χ2n) is 34.2. The van der Waals surface area contributed by atoms with Gasteiger partial charge in [-0.3, -0.25) is 0 Å². The first-order valence-corrected chi connectivity index (χ1v) is 43.0. The Kier molecular flexibility index (Phi) is 18.3. The molecule has 0 saturated heterocycles. The Bertz CT molecular complexity index is 7810. The SMILES string of the molecule is [2H]C([2H])([2H])C([2H])(C)c1cc[n+](C)c(-c2c(C)c3ccccc3c3oc4nc(C)ccc4c23)c1.[2H]C([2H])(c1cc[n+](C)c(-c2c(C)c3ccccc3c3oc4nc(C)ccc4c23)c1)C(C)C.[2H]C1(c2cc[n+](C)c(-c3c(C)c4ccccc4c4oc5nc(C)ccc5c34)c2)CCCC1.[2H]C1(c2cc[n+](C)c(-c3c(C)c4ccccc4c4oc5nc(C)ccc5c34)c2)CCCCC1. The number of aryl methyl sites for hydroxylation is 12. The number of fused-ring (bicyclic) bond motifs is 20. The lowest BCUT2D eigenvalue weighted by Crippen LogP contribution is -2.31. The van der Waals surface area contributed by atoms with E-state index >= 15 is 0 Å². The fourth-order valence-electron chi connectivity index (χ4n) is 19.4. The van der Waals surface area contributed by atoms with Crippen molar-refractivity contribution in [2.24, 2.45) is 34.1 Å². The lowest BCUT2D eigenvalue weighted by atomic mass is 9.83. The first-order chi connectivity index (χ1) is 62.1. The van der Waals surface area contributed by atoms with E-state index in [2.05, 4.69) is 205 Å². The first-order valence-electron chi connectivity index (χ1n) is 47.0. The topological polar surface area (TPSA) is 120 Å². The van der Waals surface area contributed by atoms with Gasteiger partial charge >= 0.3 is 0 Å². The van der Waals surface area contributed by atoms with Crippen molar-refractivity contribution in [3.8, 4) is 45.0 Å². The van der Waals surface area contributed by atoms with Gasteiger partial charge in [-0.2, -0.15) is 0 Å². The van der Waals surface area contributed by atoms with Gasteiger partial charge in [-0.15, -0.1) is 0 Å². The maximum Gasteiger partial charge on any atom is 0.227 e. The predicted octanol–water partition coefficient (Wildman–Crippen LogP) is 27.0. The van der Waals surface area contributed by atoms with Gasteiger partial charge in [0.1, 0.15) is 50.5 Å². The van der Waals surface area contributed by atoms with Crippen LogP contribution in [0.4, 0.5) is 0 Å². The minimum Gasteiger partial charge on any atom is -0.437 e. The molecule has 1 unspecified atom stereocenters. The summed E-state index contributed by atoms with van der Waals surface area (Å²) in [6.45, 7) is 19.4. The van der Waals surface area contributed by atoms with Crippen LogP contribution in [0.25, 0.3) is 176 Å². The zero-order valence-corrected chi connectivity index (χ0v) is 72.4. The molecule has 0 N–H and O–H groups in total. The molecular weight excluding hydrogens is 1500 g/mol. The van der Waals surface area contributed by atoms with Gasteiger partial charge in [0.15, 0.2) is 24.8 Å². The number of pyridine rings is 8.